The summed E-state index contributed by atoms with van der Waals surface area (Å²) in [5.41, 5.74) is 0. The molecule has 8 heteroatoms. The molecule has 0 aromatic heterocycles. The summed E-state index contributed by atoms with van der Waals surface area (Å²) >= 11 is 0. The molecular formula is C13H23N3O4S. The first-order valence-corrected chi connectivity index (χ1v) is 9.09. The van der Waals surface area contributed by atoms with Gasteiger partial charge in [0.05, 0.1) is 6.26 Å². The molecule has 1 atom stereocenters. The average Bonchev–Trinajstić information content (AvgIpc) is 2.74. The summed E-state index contributed by atoms with van der Waals surface area (Å²) in [4.78, 5) is 25.2. The molecule has 2 fully saturated rings. The van der Waals surface area contributed by atoms with Crippen LogP contribution in [-0.2, 0) is 19.6 Å². The first kappa shape index (κ1) is 16.2. The van der Waals surface area contributed by atoms with Crippen molar-refractivity contribution in [2.45, 2.75) is 19.3 Å². The van der Waals surface area contributed by atoms with Gasteiger partial charge in [-0.15, -0.1) is 0 Å². The monoisotopic (exact) mass is 317 g/mol. The van der Waals surface area contributed by atoms with E-state index in [0.717, 1.165) is 0 Å². The summed E-state index contributed by atoms with van der Waals surface area (Å²) in [6.45, 7) is 2.01. The summed E-state index contributed by atoms with van der Waals surface area (Å²) in [7, 11) is -1.39. The lowest BCUT2D eigenvalue weighted by Gasteiger charge is -2.29. The molecule has 2 aliphatic rings. The van der Waals surface area contributed by atoms with Crippen LogP contribution in [0.2, 0.25) is 0 Å². The fourth-order valence-corrected chi connectivity index (χ4v) is 3.81. The van der Waals surface area contributed by atoms with Crippen molar-refractivity contribution in [3.05, 3.63) is 0 Å². The minimum Gasteiger partial charge on any atom is -0.356 e. The number of hydrogen-bond acceptors (Lipinski definition) is 4. The fraction of sp³-hybridized carbons (Fsp3) is 0.846. The number of hydrogen-bond donors (Lipinski definition) is 1. The second kappa shape index (κ2) is 6.31. The van der Waals surface area contributed by atoms with Crippen molar-refractivity contribution in [3.8, 4) is 0 Å². The Bertz CT molecular complexity index is 512. The van der Waals surface area contributed by atoms with E-state index in [4.69, 9.17) is 0 Å². The van der Waals surface area contributed by atoms with Gasteiger partial charge in [-0.3, -0.25) is 9.59 Å². The molecule has 2 saturated heterocycles. The highest BCUT2D eigenvalue weighted by Gasteiger charge is 2.30. The molecule has 0 aliphatic carbocycles. The molecule has 0 bridgehead atoms. The van der Waals surface area contributed by atoms with Crippen molar-refractivity contribution < 1.29 is 18.0 Å². The van der Waals surface area contributed by atoms with Crippen molar-refractivity contribution in [3.63, 3.8) is 0 Å². The van der Waals surface area contributed by atoms with Gasteiger partial charge in [0.15, 0.2) is 0 Å². The van der Waals surface area contributed by atoms with Crippen LogP contribution < -0.4 is 5.32 Å². The number of nitrogens with zero attached hydrogens (tertiary/aromatic N) is 2. The largest absolute Gasteiger partial charge is 0.356 e. The van der Waals surface area contributed by atoms with E-state index in [-0.39, 0.29) is 23.7 Å². The normalized spacial score (nSPS) is 25.3. The minimum atomic E-state index is -3.15. The summed E-state index contributed by atoms with van der Waals surface area (Å²) in [5.74, 6) is 0.154. The summed E-state index contributed by atoms with van der Waals surface area (Å²) in [6, 6.07) is 0. The zero-order chi connectivity index (χ0) is 15.6. The molecule has 0 aromatic carbocycles. The number of rotatable bonds is 4. The Hall–Kier alpha value is -1.15. The van der Waals surface area contributed by atoms with Crippen LogP contribution in [0.1, 0.15) is 19.3 Å². The van der Waals surface area contributed by atoms with E-state index in [1.54, 1.807) is 11.9 Å². The first-order valence-electron chi connectivity index (χ1n) is 7.24. The lowest BCUT2D eigenvalue weighted by molar-refractivity contribution is -0.127. The average molecular weight is 317 g/mol. The highest BCUT2D eigenvalue weighted by atomic mass is 32.2. The third kappa shape index (κ3) is 4.16. The van der Waals surface area contributed by atoms with Gasteiger partial charge in [0, 0.05) is 51.5 Å². The fourth-order valence-electron chi connectivity index (χ4n) is 2.93. The number of likely N-dealkylation sites (tertiary alicyclic amines) is 1. The lowest BCUT2D eigenvalue weighted by atomic mass is 9.97. The van der Waals surface area contributed by atoms with Crippen molar-refractivity contribution in [2.75, 3.05) is 39.5 Å². The number of piperidine rings is 1. The molecule has 2 rings (SSSR count). The van der Waals surface area contributed by atoms with Crippen LogP contribution in [0.5, 0.6) is 0 Å². The van der Waals surface area contributed by atoms with Crippen LogP contribution in [0.25, 0.3) is 0 Å². The molecule has 2 amide bonds. The number of amides is 2. The third-order valence-corrected chi connectivity index (χ3v) is 5.58. The van der Waals surface area contributed by atoms with Crippen LogP contribution >= 0.6 is 0 Å². The van der Waals surface area contributed by atoms with Crippen LogP contribution in [0.3, 0.4) is 0 Å². The molecule has 1 N–H and O–H groups in total. The Kier molecular flexibility index (Phi) is 4.88. The predicted octanol–water partition coefficient (Wildman–Crippen LogP) is -0.747. The van der Waals surface area contributed by atoms with E-state index in [1.165, 1.54) is 10.6 Å². The Morgan fingerprint density at radius 1 is 1.33 bits per heavy atom. The Labute approximate surface area is 125 Å². The molecule has 0 saturated carbocycles. The molecule has 0 radical (unpaired) electrons. The van der Waals surface area contributed by atoms with E-state index in [1.807, 2.05) is 0 Å². The predicted molar refractivity (Wildman–Crippen MR) is 77.9 cm³/mol. The van der Waals surface area contributed by atoms with Gasteiger partial charge in [0.25, 0.3) is 0 Å². The summed E-state index contributed by atoms with van der Waals surface area (Å²) < 4.78 is 24.2. The molecule has 21 heavy (non-hydrogen) atoms. The van der Waals surface area contributed by atoms with E-state index >= 15 is 0 Å². The molecular weight excluding hydrogens is 294 g/mol. The highest BCUT2D eigenvalue weighted by Crippen LogP contribution is 2.20. The lowest BCUT2D eigenvalue weighted by Crippen LogP contribution is -2.43. The van der Waals surface area contributed by atoms with Crippen LogP contribution in [0.4, 0.5) is 0 Å². The van der Waals surface area contributed by atoms with E-state index < -0.39 is 10.0 Å². The summed E-state index contributed by atoms with van der Waals surface area (Å²) in [6.07, 6.45) is 2.80. The third-order valence-electron chi connectivity index (χ3n) is 4.28. The first-order chi connectivity index (χ1) is 9.77. The van der Waals surface area contributed by atoms with Crippen LogP contribution in [-0.4, -0.2) is 68.9 Å². The van der Waals surface area contributed by atoms with Crippen molar-refractivity contribution >= 4 is 21.8 Å². The second-order valence-electron chi connectivity index (χ2n) is 6.03. The zero-order valence-corrected chi connectivity index (χ0v) is 13.4. The second-order valence-corrected chi connectivity index (χ2v) is 8.01. The van der Waals surface area contributed by atoms with Gasteiger partial charge in [0.2, 0.25) is 21.8 Å². The molecule has 2 aliphatic heterocycles. The molecule has 0 spiro atoms. The van der Waals surface area contributed by atoms with Crippen LogP contribution in [0, 0.1) is 11.8 Å². The molecule has 1 unspecified atom stereocenters. The molecule has 0 aromatic rings. The van der Waals surface area contributed by atoms with Gasteiger partial charge in [-0.05, 0) is 12.8 Å². The molecule has 120 valence electrons. The van der Waals surface area contributed by atoms with Crippen molar-refractivity contribution in [1.29, 1.82) is 0 Å². The Morgan fingerprint density at radius 2 is 1.95 bits per heavy atom. The van der Waals surface area contributed by atoms with Gasteiger partial charge >= 0.3 is 0 Å². The van der Waals surface area contributed by atoms with Gasteiger partial charge in [-0.25, -0.2) is 12.7 Å². The number of nitrogens with one attached hydrogen (secondary N) is 1. The number of carbonyl (C=O) groups is 2. The van der Waals surface area contributed by atoms with Gasteiger partial charge < -0.3 is 10.2 Å². The van der Waals surface area contributed by atoms with Gasteiger partial charge in [0.1, 0.15) is 0 Å². The zero-order valence-electron chi connectivity index (χ0n) is 12.5. The SMILES string of the molecule is CN1CC(CNC(=O)C2CCN(S(C)(=O)=O)CC2)CC1=O. The smallest absolute Gasteiger partial charge is 0.223 e. The maximum absolute atomic E-state index is 12.1. The minimum absolute atomic E-state index is 0.0230. The van der Waals surface area contributed by atoms with Crippen molar-refractivity contribution in [1.82, 2.24) is 14.5 Å². The number of carbonyl (C=O) groups excluding carboxylic acids is 2. The standard InChI is InChI=1S/C13H23N3O4S/c1-15-9-10(7-12(15)17)8-14-13(18)11-3-5-16(6-4-11)21(2,19)20/h10-11H,3-9H2,1-2H3,(H,14,18). The maximum Gasteiger partial charge on any atom is 0.223 e. The maximum atomic E-state index is 12.1. The number of sulfonamides is 1. The van der Waals surface area contributed by atoms with Crippen molar-refractivity contribution in [2.24, 2.45) is 11.8 Å². The topological polar surface area (TPSA) is 86.8 Å². The van der Waals surface area contributed by atoms with E-state index in [0.29, 0.717) is 45.4 Å². The van der Waals surface area contributed by atoms with E-state index in [9.17, 15) is 18.0 Å². The quantitative estimate of drug-likeness (QED) is 0.739. The van der Waals surface area contributed by atoms with E-state index in [2.05, 4.69) is 5.32 Å². The molecule has 7 nitrogen and oxygen atoms in total. The Morgan fingerprint density at radius 3 is 2.43 bits per heavy atom. The Balaban J connectivity index is 1.74. The van der Waals surface area contributed by atoms with Gasteiger partial charge in [-0.2, -0.15) is 0 Å². The van der Waals surface area contributed by atoms with Gasteiger partial charge in [-0.1, -0.05) is 0 Å². The highest BCUT2D eigenvalue weighted by molar-refractivity contribution is 7.88. The summed E-state index contributed by atoms with van der Waals surface area (Å²) in [5, 5.41) is 2.90. The van der Waals surface area contributed by atoms with Crippen LogP contribution in [0.15, 0.2) is 0 Å². The molecule has 2 heterocycles.